The van der Waals surface area contributed by atoms with Crippen LogP contribution in [0.3, 0.4) is 0 Å². The van der Waals surface area contributed by atoms with Crippen molar-refractivity contribution < 1.29 is 9.59 Å². The molecule has 4 heterocycles. The number of carbonyl (C=O) groups excluding carboxylic acids is 2. The molecule has 0 aliphatic carbocycles. The largest absolute Gasteiger partial charge is 0.345 e. The number of rotatable bonds is 4. The van der Waals surface area contributed by atoms with E-state index >= 15 is 0 Å². The van der Waals surface area contributed by atoms with Crippen LogP contribution in [0.1, 0.15) is 36.7 Å². The summed E-state index contributed by atoms with van der Waals surface area (Å²) in [5, 5.41) is 0. The maximum absolute atomic E-state index is 12.7. The van der Waals surface area contributed by atoms with Crippen LogP contribution in [-0.4, -0.2) is 62.8 Å². The quantitative estimate of drug-likeness (QED) is 0.821. The van der Waals surface area contributed by atoms with Crippen LogP contribution in [0.15, 0.2) is 36.8 Å². The van der Waals surface area contributed by atoms with Crippen molar-refractivity contribution in [2.24, 2.45) is 5.92 Å². The van der Waals surface area contributed by atoms with E-state index in [4.69, 9.17) is 0 Å². The van der Waals surface area contributed by atoms with Gasteiger partial charge in [-0.3, -0.25) is 14.6 Å². The zero-order valence-electron chi connectivity index (χ0n) is 15.6. The van der Waals surface area contributed by atoms with Gasteiger partial charge in [0.25, 0.3) is 0 Å². The third kappa shape index (κ3) is 3.72. The number of hydrogen-bond acceptors (Lipinski definition) is 4. The summed E-state index contributed by atoms with van der Waals surface area (Å²) in [6.07, 6.45) is 7.81. The number of pyridine rings is 1. The molecule has 0 N–H and O–H groups in total. The summed E-state index contributed by atoms with van der Waals surface area (Å²) >= 11 is 0. The van der Waals surface area contributed by atoms with Gasteiger partial charge in [-0.2, -0.15) is 0 Å². The Bertz CT molecular complexity index is 811. The second-order valence-electron chi connectivity index (χ2n) is 7.51. The van der Waals surface area contributed by atoms with E-state index in [1.54, 1.807) is 18.1 Å². The first-order chi connectivity index (χ1) is 13.1. The monoisotopic (exact) mass is 367 g/mol. The number of nitrogens with zero attached hydrogens (tertiary/aromatic N) is 5. The van der Waals surface area contributed by atoms with Gasteiger partial charge in [0.2, 0.25) is 11.8 Å². The molecule has 2 aromatic rings. The van der Waals surface area contributed by atoms with Crippen molar-refractivity contribution in [1.29, 1.82) is 0 Å². The van der Waals surface area contributed by atoms with E-state index in [9.17, 15) is 9.59 Å². The van der Waals surface area contributed by atoms with Crippen molar-refractivity contribution in [2.75, 3.05) is 26.7 Å². The molecule has 7 heteroatoms. The maximum Gasteiger partial charge on any atom is 0.227 e. The lowest BCUT2D eigenvalue weighted by Gasteiger charge is -2.33. The highest BCUT2D eigenvalue weighted by atomic mass is 16.2. The van der Waals surface area contributed by atoms with Crippen LogP contribution in [0.4, 0.5) is 0 Å². The Labute approximate surface area is 159 Å². The second-order valence-corrected chi connectivity index (χ2v) is 7.51. The topological polar surface area (TPSA) is 71.3 Å². The Hall–Kier alpha value is -2.70. The minimum absolute atomic E-state index is 0.0692. The maximum atomic E-state index is 12.7. The number of amides is 2. The molecule has 2 amide bonds. The van der Waals surface area contributed by atoms with Gasteiger partial charge in [0.05, 0.1) is 18.2 Å². The first-order valence-corrected chi connectivity index (χ1v) is 9.55. The van der Waals surface area contributed by atoms with E-state index in [2.05, 4.69) is 14.5 Å². The number of piperidine rings is 1. The fraction of sp³-hybridized carbons (Fsp3) is 0.500. The predicted octanol–water partition coefficient (Wildman–Crippen LogP) is 1.51. The zero-order chi connectivity index (χ0) is 18.8. The van der Waals surface area contributed by atoms with Gasteiger partial charge in [-0.05, 0) is 25.0 Å². The Balaban J connectivity index is 1.37. The van der Waals surface area contributed by atoms with Gasteiger partial charge in [0, 0.05) is 57.6 Å². The molecule has 27 heavy (non-hydrogen) atoms. The molecule has 142 valence electrons. The number of imidazole rings is 1. The number of hydrogen-bond donors (Lipinski definition) is 0. The average molecular weight is 367 g/mol. The minimum Gasteiger partial charge on any atom is -0.345 e. The van der Waals surface area contributed by atoms with Crippen molar-refractivity contribution in [1.82, 2.24) is 24.3 Å². The molecule has 2 aliphatic heterocycles. The second kappa shape index (κ2) is 7.50. The summed E-state index contributed by atoms with van der Waals surface area (Å²) in [4.78, 5) is 37.0. The standard InChI is InChI=1S/C20H25N5O2/c1-23-13-16(12-18(23)26)20(27)24-9-5-15(6-10-24)19-22-8-11-25(19)14-17-4-2-3-7-21-17/h2-4,7-8,11,15-16H,5-6,9-10,12-14H2,1H3/t16-/m0/s1. The average Bonchev–Trinajstić information content (AvgIpc) is 3.29. The fourth-order valence-electron chi connectivity index (χ4n) is 4.13. The fourth-order valence-corrected chi connectivity index (χ4v) is 4.13. The van der Waals surface area contributed by atoms with E-state index in [0.717, 1.165) is 37.4 Å². The zero-order valence-corrected chi connectivity index (χ0v) is 15.6. The Morgan fingerprint density at radius 1 is 1.19 bits per heavy atom. The van der Waals surface area contributed by atoms with Crippen LogP contribution in [0.2, 0.25) is 0 Å². The summed E-state index contributed by atoms with van der Waals surface area (Å²) < 4.78 is 2.16. The SMILES string of the molecule is CN1C[C@@H](C(=O)N2CCC(c3nccn3Cc3ccccn3)CC2)CC1=O. The molecule has 7 nitrogen and oxygen atoms in total. The van der Waals surface area contributed by atoms with Gasteiger partial charge in [0.1, 0.15) is 5.82 Å². The molecule has 0 bridgehead atoms. The third-order valence-corrected chi connectivity index (χ3v) is 5.67. The molecule has 0 radical (unpaired) electrons. The Morgan fingerprint density at radius 3 is 2.67 bits per heavy atom. The molecule has 2 aromatic heterocycles. The molecule has 2 saturated heterocycles. The molecule has 4 rings (SSSR count). The van der Waals surface area contributed by atoms with E-state index in [0.29, 0.717) is 25.4 Å². The summed E-state index contributed by atoms with van der Waals surface area (Å²) in [5.74, 6) is 1.44. The van der Waals surface area contributed by atoms with Crippen molar-refractivity contribution in [2.45, 2.75) is 31.7 Å². The van der Waals surface area contributed by atoms with Gasteiger partial charge in [0.15, 0.2) is 0 Å². The smallest absolute Gasteiger partial charge is 0.227 e. The number of aromatic nitrogens is 3. The Kier molecular flexibility index (Phi) is 4.92. The molecular weight excluding hydrogens is 342 g/mol. The first kappa shape index (κ1) is 17.7. The van der Waals surface area contributed by atoms with Crippen molar-refractivity contribution >= 4 is 11.8 Å². The van der Waals surface area contributed by atoms with Crippen molar-refractivity contribution in [3.8, 4) is 0 Å². The Morgan fingerprint density at radius 2 is 2.00 bits per heavy atom. The first-order valence-electron chi connectivity index (χ1n) is 9.55. The highest BCUT2D eigenvalue weighted by Crippen LogP contribution is 2.29. The molecule has 2 aliphatic rings. The lowest BCUT2D eigenvalue weighted by molar-refractivity contribution is -0.136. The van der Waals surface area contributed by atoms with Crippen LogP contribution < -0.4 is 0 Å². The van der Waals surface area contributed by atoms with E-state index in [-0.39, 0.29) is 17.7 Å². The molecule has 0 aromatic carbocycles. The van der Waals surface area contributed by atoms with E-state index in [1.807, 2.05) is 35.5 Å². The third-order valence-electron chi connectivity index (χ3n) is 5.67. The van der Waals surface area contributed by atoms with Gasteiger partial charge >= 0.3 is 0 Å². The van der Waals surface area contributed by atoms with Crippen molar-refractivity contribution in [3.05, 3.63) is 48.3 Å². The summed E-state index contributed by atoms with van der Waals surface area (Å²) in [6.45, 7) is 2.72. The highest BCUT2D eigenvalue weighted by Gasteiger charge is 2.36. The normalized spacial score (nSPS) is 21.1. The van der Waals surface area contributed by atoms with Gasteiger partial charge in [-0.1, -0.05) is 6.07 Å². The van der Waals surface area contributed by atoms with E-state index in [1.165, 1.54) is 0 Å². The lowest BCUT2D eigenvalue weighted by Crippen LogP contribution is -2.42. The van der Waals surface area contributed by atoms with Gasteiger partial charge < -0.3 is 14.4 Å². The lowest BCUT2D eigenvalue weighted by atomic mass is 9.94. The van der Waals surface area contributed by atoms with Gasteiger partial charge in [-0.15, -0.1) is 0 Å². The van der Waals surface area contributed by atoms with Crippen LogP contribution in [0.5, 0.6) is 0 Å². The summed E-state index contributed by atoms with van der Waals surface area (Å²) in [6, 6.07) is 5.93. The molecular formula is C20H25N5O2. The number of carbonyl (C=O) groups is 2. The minimum atomic E-state index is -0.176. The van der Waals surface area contributed by atoms with Crippen molar-refractivity contribution in [3.63, 3.8) is 0 Å². The van der Waals surface area contributed by atoms with E-state index < -0.39 is 0 Å². The molecule has 1 atom stereocenters. The predicted molar refractivity (Wildman–Crippen MR) is 99.9 cm³/mol. The molecule has 0 spiro atoms. The van der Waals surface area contributed by atoms with Gasteiger partial charge in [-0.25, -0.2) is 4.98 Å². The van der Waals surface area contributed by atoms with Crippen LogP contribution in [0, 0.1) is 5.92 Å². The van der Waals surface area contributed by atoms with Crippen LogP contribution >= 0.6 is 0 Å². The highest BCUT2D eigenvalue weighted by molar-refractivity contribution is 5.89. The summed E-state index contributed by atoms with van der Waals surface area (Å²) in [5.41, 5.74) is 1.01. The summed E-state index contributed by atoms with van der Waals surface area (Å²) in [7, 11) is 1.77. The van der Waals surface area contributed by atoms with Crippen LogP contribution in [0.25, 0.3) is 0 Å². The number of likely N-dealkylation sites (tertiary alicyclic amines) is 2. The van der Waals surface area contributed by atoms with Crippen LogP contribution in [-0.2, 0) is 16.1 Å². The molecule has 2 fully saturated rings. The molecule has 0 unspecified atom stereocenters. The molecule has 0 saturated carbocycles.